The first-order chi connectivity index (χ1) is 9.86. The standard InChI is InChI=1S/C15H18N2O3/c1-18-7-5-16-10-15-17-9-14(20-15)11-2-3-13-12(8-11)4-6-19-13/h2-3,8-9,16H,4-7,10H2,1H3. The molecule has 0 saturated heterocycles. The molecule has 1 aliphatic heterocycles. The molecule has 5 heteroatoms. The van der Waals surface area contributed by atoms with Crippen LogP contribution in [0, 0.1) is 0 Å². The summed E-state index contributed by atoms with van der Waals surface area (Å²) >= 11 is 0. The van der Waals surface area contributed by atoms with Crippen molar-refractivity contribution in [2.45, 2.75) is 13.0 Å². The first-order valence-electron chi connectivity index (χ1n) is 6.77. The molecule has 1 aromatic carbocycles. The summed E-state index contributed by atoms with van der Waals surface area (Å²) in [7, 11) is 1.68. The molecule has 0 aliphatic carbocycles. The Morgan fingerprint density at radius 2 is 2.35 bits per heavy atom. The summed E-state index contributed by atoms with van der Waals surface area (Å²) < 4.78 is 16.2. The molecule has 1 N–H and O–H groups in total. The molecule has 1 aliphatic rings. The van der Waals surface area contributed by atoms with Crippen LogP contribution in [-0.4, -0.2) is 31.9 Å². The summed E-state index contributed by atoms with van der Waals surface area (Å²) in [6, 6.07) is 6.12. The van der Waals surface area contributed by atoms with Crippen LogP contribution in [0.2, 0.25) is 0 Å². The summed E-state index contributed by atoms with van der Waals surface area (Å²) in [5.41, 5.74) is 2.28. The molecule has 0 saturated carbocycles. The molecule has 3 rings (SSSR count). The number of rotatable bonds is 6. The molecule has 20 heavy (non-hydrogen) atoms. The minimum absolute atomic E-state index is 0.609. The Morgan fingerprint density at radius 3 is 3.25 bits per heavy atom. The van der Waals surface area contributed by atoms with Crippen LogP contribution in [-0.2, 0) is 17.7 Å². The van der Waals surface area contributed by atoms with E-state index >= 15 is 0 Å². The zero-order chi connectivity index (χ0) is 13.8. The lowest BCUT2D eigenvalue weighted by atomic mass is 10.1. The zero-order valence-electron chi connectivity index (χ0n) is 11.5. The molecule has 0 unspecified atom stereocenters. The van der Waals surface area contributed by atoms with Gasteiger partial charge >= 0.3 is 0 Å². The second kappa shape index (κ2) is 6.07. The van der Waals surface area contributed by atoms with E-state index in [1.807, 2.05) is 12.1 Å². The van der Waals surface area contributed by atoms with E-state index in [1.54, 1.807) is 13.3 Å². The van der Waals surface area contributed by atoms with Crippen LogP contribution in [0.4, 0.5) is 0 Å². The Labute approximate surface area is 117 Å². The van der Waals surface area contributed by atoms with Crippen LogP contribution in [0.3, 0.4) is 0 Å². The fraction of sp³-hybridized carbons (Fsp3) is 0.400. The van der Waals surface area contributed by atoms with Crippen molar-refractivity contribution >= 4 is 0 Å². The third-order valence-electron chi connectivity index (χ3n) is 3.29. The van der Waals surface area contributed by atoms with Gasteiger partial charge in [-0.15, -0.1) is 0 Å². The van der Waals surface area contributed by atoms with E-state index in [-0.39, 0.29) is 0 Å². The monoisotopic (exact) mass is 274 g/mol. The minimum Gasteiger partial charge on any atom is -0.493 e. The number of benzene rings is 1. The smallest absolute Gasteiger partial charge is 0.208 e. The van der Waals surface area contributed by atoms with Gasteiger partial charge in [0.1, 0.15) is 5.75 Å². The molecule has 2 heterocycles. The summed E-state index contributed by atoms with van der Waals surface area (Å²) in [5.74, 6) is 2.46. The number of nitrogens with zero attached hydrogens (tertiary/aromatic N) is 1. The van der Waals surface area contributed by atoms with Gasteiger partial charge in [-0.3, -0.25) is 0 Å². The average molecular weight is 274 g/mol. The first-order valence-corrected chi connectivity index (χ1v) is 6.77. The van der Waals surface area contributed by atoms with Gasteiger partial charge in [-0.05, 0) is 23.8 Å². The number of aromatic nitrogens is 1. The Morgan fingerprint density at radius 1 is 1.40 bits per heavy atom. The Kier molecular flexibility index (Phi) is 3.99. The third-order valence-corrected chi connectivity index (χ3v) is 3.29. The Bertz CT molecular complexity index is 580. The molecule has 0 bridgehead atoms. The molecule has 0 atom stereocenters. The normalized spacial score (nSPS) is 13.2. The van der Waals surface area contributed by atoms with E-state index in [0.717, 1.165) is 36.6 Å². The summed E-state index contributed by atoms with van der Waals surface area (Å²) in [6.07, 6.45) is 2.73. The van der Waals surface area contributed by atoms with Crippen molar-refractivity contribution in [1.82, 2.24) is 10.3 Å². The van der Waals surface area contributed by atoms with E-state index in [1.165, 1.54) is 5.56 Å². The number of oxazole rings is 1. The first kappa shape index (κ1) is 13.1. The average Bonchev–Trinajstić information content (AvgIpc) is 3.11. The molecule has 0 amide bonds. The van der Waals surface area contributed by atoms with E-state index in [0.29, 0.717) is 19.0 Å². The van der Waals surface area contributed by atoms with Crippen LogP contribution < -0.4 is 10.1 Å². The van der Waals surface area contributed by atoms with Gasteiger partial charge in [0.25, 0.3) is 0 Å². The van der Waals surface area contributed by atoms with Gasteiger partial charge in [0.2, 0.25) is 5.89 Å². The number of fused-ring (bicyclic) bond motifs is 1. The van der Waals surface area contributed by atoms with Crippen LogP contribution >= 0.6 is 0 Å². The van der Waals surface area contributed by atoms with Crippen molar-refractivity contribution in [3.63, 3.8) is 0 Å². The highest BCUT2D eigenvalue weighted by Gasteiger charge is 2.14. The molecular formula is C15H18N2O3. The van der Waals surface area contributed by atoms with Crippen molar-refractivity contribution < 1.29 is 13.9 Å². The van der Waals surface area contributed by atoms with Gasteiger partial charge in [-0.25, -0.2) is 4.98 Å². The number of methoxy groups -OCH3 is 1. The maximum atomic E-state index is 5.75. The van der Waals surface area contributed by atoms with E-state index < -0.39 is 0 Å². The predicted molar refractivity (Wildman–Crippen MR) is 74.7 cm³/mol. The predicted octanol–water partition coefficient (Wildman–Crippen LogP) is 2.01. The molecule has 0 fully saturated rings. The number of hydrogen-bond acceptors (Lipinski definition) is 5. The second-order valence-electron chi connectivity index (χ2n) is 4.71. The van der Waals surface area contributed by atoms with E-state index in [4.69, 9.17) is 13.9 Å². The molecule has 0 radical (unpaired) electrons. The molecule has 5 nitrogen and oxygen atoms in total. The van der Waals surface area contributed by atoms with Crippen LogP contribution in [0.25, 0.3) is 11.3 Å². The minimum atomic E-state index is 0.609. The zero-order valence-corrected chi connectivity index (χ0v) is 11.5. The SMILES string of the molecule is COCCNCc1ncc(-c2ccc3c(c2)CCO3)o1. The van der Waals surface area contributed by atoms with Gasteiger partial charge < -0.3 is 19.2 Å². The van der Waals surface area contributed by atoms with Gasteiger partial charge in [-0.2, -0.15) is 0 Å². The quantitative estimate of drug-likeness (QED) is 0.817. The van der Waals surface area contributed by atoms with E-state index in [9.17, 15) is 0 Å². The summed E-state index contributed by atoms with van der Waals surface area (Å²) in [4.78, 5) is 4.28. The Balaban J connectivity index is 1.67. The second-order valence-corrected chi connectivity index (χ2v) is 4.71. The fourth-order valence-corrected chi connectivity index (χ4v) is 2.23. The molecule has 106 valence electrons. The van der Waals surface area contributed by atoms with Crippen molar-refractivity contribution in [3.05, 3.63) is 35.9 Å². The van der Waals surface area contributed by atoms with Gasteiger partial charge in [-0.1, -0.05) is 0 Å². The highest BCUT2D eigenvalue weighted by atomic mass is 16.5. The summed E-state index contributed by atoms with van der Waals surface area (Å²) in [5, 5.41) is 3.21. The Hall–Kier alpha value is -1.85. The van der Waals surface area contributed by atoms with Crippen LogP contribution in [0.1, 0.15) is 11.5 Å². The summed E-state index contributed by atoms with van der Waals surface area (Å²) in [6.45, 7) is 2.84. The lowest BCUT2D eigenvalue weighted by molar-refractivity contribution is 0.198. The number of ether oxygens (including phenoxy) is 2. The van der Waals surface area contributed by atoms with Crippen molar-refractivity contribution in [2.75, 3.05) is 26.9 Å². The number of hydrogen-bond donors (Lipinski definition) is 1. The lowest BCUT2D eigenvalue weighted by Gasteiger charge is -2.02. The topological polar surface area (TPSA) is 56.5 Å². The van der Waals surface area contributed by atoms with Gasteiger partial charge in [0.15, 0.2) is 5.76 Å². The third kappa shape index (κ3) is 2.84. The maximum absolute atomic E-state index is 5.75. The van der Waals surface area contributed by atoms with Crippen LogP contribution in [0.15, 0.2) is 28.8 Å². The van der Waals surface area contributed by atoms with Gasteiger partial charge in [0.05, 0.1) is 26.0 Å². The van der Waals surface area contributed by atoms with E-state index in [2.05, 4.69) is 16.4 Å². The maximum Gasteiger partial charge on any atom is 0.208 e. The van der Waals surface area contributed by atoms with Gasteiger partial charge in [0, 0.05) is 25.6 Å². The van der Waals surface area contributed by atoms with Crippen molar-refractivity contribution in [2.24, 2.45) is 0 Å². The highest BCUT2D eigenvalue weighted by Crippen LogP contribution is 2.30. The van der Waals surface area contributed by atoms with Crippen molar-refractivity contribution in [3.8, 4) is 17.1 Å². The van der Waals surface area contributed by atoms with Crippen molar-refractivity contribution in [1.29, 1.82) is 0 Å². The molecule has 2 aromatic rings. The highest BCUT2D eigenvalue weighted by molar-refractivity contribution is 5.60. The fourth-order valence-electron chi connectivity index (χ4n) is 2.23. The largest absolute Gasteiger partial charge is 0.493 e. The lowest BCUT2D eigenvalue weighted by Crippen LogP contribution is -2.18. The number of nitrogens with one attached hydrogen (secondary N) is 1. The molecule has 0 spiro atoms. The molecular weight excluding hydrogens is 256 g/mol. The van der Waals surface area contributed by atoms with Crippen LogP contribution in [0.5, 0.6) is 5.75 Å². The molecule has 1 aromatic heterocycles.